The highest BCUT2D eigenvalue weighted by Crippen LogP contribution is 2.27. The van der Waals surface area contributed by atoms with Gasteiger partial charge in [0.1, 0.15) is 4.88 Å². The summed E-state index contributed by atoms with van der Waals surface area (Å²) in [7, 11) is 1.87. The van der Waals surface area contributed by atoms with E-state index in [-0.39, 0.29) is 35.5 Å². The number of rotatable bonds is 8. The number of thioether (sulfide) groups is 1. The molecule has 1 N–H and O–H groups in total. The highest BCUT2D eigenvalue weighted by Gasteiger charge is 2.24. The quantitative estimate of drug-likeness (QED) is 0.460. The molecule has 1 aliphatic rings. The van der Waals surface area contributed by atoms with Crippen LogP contribution in [0.25, 0.3) is 16.0 Å². The zero-order chi connectivity index (χ0) is 21.3. The molecule has 4 rings (SSSR count). The average Bonchev–Trinajstić information content (AvgIpc) is 3.43. The maximum atomic E-state index is 12.9. The molecule has 1 fully saturated rings. The second kappa shape index (κ2) is 11.4. The number of imidazole rings is 1. The number of carbonyl (C=O) groups is 1. The number of benzene rings is 1. The summed E-state index contributed by atoms with van der Waals surface area (Å²) in [6.07, 6.45) is 6.66. The molecule has 6 nitrogen and oxygen atoms in total. The van der Waals surface area contributed by atoms with Crippen molar-refractivity contribution in [1.29, 1.82) is 0 Å². The Kier molecular flexibility index (Phi) is 9.70. The molecule has 1 aromatic carbocycles. The lowest BCUT2D eigenvalue weighted by molar-refractivity contribution is 0.0790. The van der Waals surface area contributed by atoms with Crippen LogP contribution in [0.5, 0.6) is 0 Å². The zero-order valence-corrected chi connectivity index (χ0v) is 22.2. The molecule has 1 aliphatic heterocycles. The first-order chi connectivity index (χ1) is 14.4. The Labute approximate surface area is 210 Å². The standard InChI is InChI=1S/C22H30N4O2S2.2ClH/c1-22(2,29-4)14-25(3)20(27)19-13-26-18-10-15(7-8-17(18)24-21(26)30-19)11-23-12-16-6-5-9-28-16;;/h7-8,10,13,16,23H,5-6,9,11-12,14H2,1-4H3;2*1H. The van der Waals surface area contributed by atoms with Crippen LogP contribution < -0.4 is 5.32 Å². The van der Waals surface area contributed by atoms with E-state index >= 15 is 0 Å². The van der Waals surface area contributed by atoms with Crippen molar-refractivity contribution >= 4 is 69.8 Å². The fraction of sp³-hybridized carbons (Fsp3) is 0.545. The van der Waals surface area contributed by atoms with Crippen molar-refractivity contribution in [2.75, 3.05) is 33.0 Å². The van der Waals surface area contributed by atoms with Crippen molar-refractivity contribution in [3.63, 3.8) is 0 Å². The first-order valence-electron chi connectivity index (χ1n) is 10.4. The lowest BCUT2D eigenvalue weighted by atomic mass is 10.2. The summed E-state index contributed by atoms with van der Waals surface area (Å²) >= 11 is 3.23. The van der Waals surface area contributed by atoms with Gasteiger partial charge >= 0.3 is 0 Å². The number of halogens is 2. The van der Waals surface area contributed by atoms with Gasteiger partial charge in [0.2, 0.25) is 0 Å². The van der Waals surface area contributed by atoms with E-state index in [9.17, 15) is 4.79 Å². The van der Waals surface area contributed by atoms with Gasteiger partial charge < -0.3 is 15.0 Å². The lowest BCUT2D eigenvalue weighted by Gasteiger charge is -2.28. The van der Waals surface area contributed by atoms with Crippen LogP contribution in [0.2, 0.25) is 0 Å². The third-order valence-corrected chi connectivity index (χ3v) is 7.83. The van der Waals surface area contributed by atoms with Crippen LogP contribution in [0.4, 0.5) is 0 Å². The third-order valence-electron chi connectivity index (χ3n) is 5.62. The summed E-state index contributed by atoms with van der Waals surface area (Å²) in [6, 6.07) is 6.35. The Morgan fingerprint density at radius 1 is 1.41 bits per heavy atom. The van der Waals surface area contributed by atoms with Crippen molar-refractivity contribution in [2.45, 2.75) is 44.1 Å². The topological polar surface area (TPSA) is 58.9 Å². The Balaban J connectivity index is 0.00000181. The van der Waals surface area contributed by atoms with Gasteiger partial charge in [0.05, 0.1) is 17.1 Å². The largest absolute Gasteiger partial charge is 0.377 e. The summed E-state index contributed by atoms with van der Waals surface area (Å²) in [5.74, 6) is 0.0511. The Morgan fingerprint density at radius 2 is 2.19 bits per heavy atom. The highest BCUT2D eigenvalue weighted by molar-refractivity contribution is 7.99. The van der Waals surface area contributed by atoms with Crippen molar-refractivity contribution in [2.24, 2.45) is 0 Å². The van der Waals surface area contributed by atoms with Gasteiger partial charge in [-0.3, -0.25) is 9.20 Å². The lowest BCUT2D eigenvalue weighted by Crippen LogP contribution is -2.37. The molecule has 32 heavy (non-hydrogen) atoms. The molecular weight excluding hydrogens is 487 g/mol. The summed E-state index contributed by atoms with van der Waals surface area (Å²) < 4.78 is 7.75. The molecule has 0 bridgehead atoms. The zero-order valence-electron chi connectivity index (χ0n) is 18.9. The molecule has 10 heteroatoms. The van der Waals surface area contributed by atoms with Crippen LogP contribution in [-0.4, -0.2) is 64.0 Å². The van der Waals surface area contributed by atoms with E-state index in [1.807, 2.05) is 22.5 Å². The maximum Gasteiger partial charge on any atom is 0.265 e. The molecule has 3 heterocycles. The van der Waals surface area contributed by atoms with Gasteiger partial charge in [-0.25, -0.2) is 4.98 Å². The van der Waals surface area contributed by atoms with Crippen LogP contribution in [0.3, 0.4) is 0 Å². The SMILES string of the molecule is CSC(C)(C)CN(C)C(=O)c1cn2c(nc3ccc(CNCC4CCCO4)cc32)s1.Cl.Cl. The number of ether oxygens (including phenoxy) is 1. The molecule has 1 unspecified atom stereocenters. The predicted molar refractivity (Wildman–Crippen MR) is 140 cm³/mol. The third kappa shape index (κ3) is 6.10. The Bertz CT molecular complexity index is 1050. The van der Waals surface area contributed by atoms with E-state index in [4.69, 9.17) is 9.72 Å². The Morgan fingerprint density at radius 3 is 2.88 bits per heavy atom. The van der Waals surface area contributed by atoms with Gasteiger partial charge in [-0.05, 0) is 50.6 Å². The molecule has 2 aromatic heterocycles. The minimum absolute atomic E-state index is 0. The van der Waals surface area contributed by atoms with Crippen molar-refractivity contribution in [3.8, 4) is 0 Å². The minimum Gasteiger partial charge on any atom is -0.377 e. The van der Waals surface area contributed by atoms with Crippen molar-refractivity contribution < 1.29 is 9.53 Å². The molecule has 0 radical (unpaired) electrons. The van der Waals surface area contributed by atoms with Crippen molar-refractivity contribution in [1.82, 2.24) is 19.6 Å². The number of hydrogen-bond acceptors (Lipinski definition) is 6. The number of nitrogens with zero attached hydrogens (tertiary/aromatic N) is 3. The van der Waals surface area contributed by atoms with Crippen LogP contribution in [-0.2, 0) is 11.3 Å². The minimum atomic E-state index is 0. The summed E-state index contributed by atoms with van der Waals surface area (Å²) in [5, 5.41) is 3.50. The van der Waals surface area contributed by atoms with Gasteiger partial charge in [-0.2, -0.15) is 11.8 Å². The van der Waals surface area contributed by atoms with Gasteiger partial charge in [0.15, 0.2) is 4.96 Å². The van der Waals surface area contributed by atoms with Crippen LogP contribution in [0.1, 0.15) is 41.9 Å². The van der Waals surface area contributed by atoms with Crippen LogP contribution in [0, 0.1) is 0 Å². The number of fused-ring (bicyclic) bond motifs is 3. The predicted octanol–water partition coefficient (Wildman–Crippen LogP) is 4.87. The van der Waals surface area contributed by atoms with Crippen LogP contribution in [0.15, 0.2) is 24.4 Å². The number of amides is 1. The molecule has 0 aliphatic carbocycles. The second-order valence-corrected chi connectivity index (χ2v) is 11.1. The first-order valence-corrected chi connectivity index (χ1v) is 12.4. The average molecular weight is 520 g/mol. The van der Waals surface area contributed by atoms with E-state index < -0.39 is 0 Å². The number of thiazole rings is 1. The normalized spacial score (nSPS) is 16.2. The molecule has 3 aromatic rings. The molecule has 0 saturated carbocycles. The molecule has 1 saturated heterocycles. The summed E-state index contributed by atoms with van der Waals surface area (Å²) in [6.45, 7) is 7.58. The molecule has 178 valence electrons. The summed E-state index contributed by atoms with van der Waals surface area (Å²) in [4.78, 5) is 21.0. The molecule has 1 atom stereocenters. The molecular formula is C22H32Cl2N4O2S2. The van der Waals surface area contributed by atoms with E-state index in [0.29, 0.717) is 12.6 Å². The van der Waals surface area contributed by atoms with E-state index in [0.717, 1.165) is 53.4 Å². The van der Waals surface area contributed by atoms with E-state index in [1.54, 1.807) is 11.8 Å². The van der Waals surface area contributed by atoms with Gasteiger partial charge in [-0.15, -0.1) is 24.8 Å². The van der Waals surface area contributed by atoms with E-state index in [2.05, 4.69) is 43.6 Å². The van der Waals surface area contributed by atoms with E-state index in [1.165, 1.54) is 16.9 Å². The number of carbonyl (C=O) groups excluding carboxylic acids is 1. The molecule has 1 amide bonds. The number of aromatic nitrogens is 2. The van der Waals surface area contributed by atoms with Gasteiger partial charge in [0.25, 0.3) is 5.91 Å². The van der Waals surface area contributed by atoms with Crippen molar-refractivity contribution in [3.05, 3.63) is 34.8 Å². The number of hydrogen-bond donors (Lipinski definition) is 1. The highest BCUT2D eigenvalue weighted by atomic mass is 35.5. The second-order valence-electron chi connectivity index (χ2n) is 8.57. The fourth-order valence-electron chi connectivity index (χ4n) is 3.84. The molecule has 0 spiro atoms. The smallest absolute Gasteiger partial charge is 0.265 e. The Hall–Kier alpha value is -1.03. The van der Waals surface area contributed by atoms with Crippen LogP contribution >= 0.6 is 47.9 Å². The first kappa shape index (κ1) is 27.2. The maximum absolute atomic E-state index is 12.9. The van der Waals surface area contributed by atoms with Gasteiger partial charge in [-0.1, -0.05) is 17.4 Å². The fourth-order valence-corrected chi connectivity index (χ4v) is 5.16. The number of nitrogens with one attached hydrogen (secondary N) is 1. The van der Waals surface area contributed by atoms with Gasteiger partial charge in [0, 0.05) is 44.2 Å². The monoisotopic (exact) mass is 518 g/mol. The summed E-state index contributed by atoms with van der Waals surface area (Å²) in [5.41, 5.74) is 3.21.